The van der Waals surface area contributed by atoms with Gasteiger partial charge >= 0.3 is 0 Å². The number of hydrogen-bond donors (Lipinski definition) is 0. The molecule has 2 nitrogen and oxygen atoms in total. The van der Waals surface area contributed by atoms with Crippen LogP contribution in [0, 0.1) is 0 Å². The molecule has 1 saturated heterocycles. The van der Waals surface area contributed by atoms with E-state index in [-0.39, 0.29) is 0 Å². The van der Waals surface area contributed by atoms with Gasteiger partial charge < -0.3 is 9.80 Å². The van der Waals surface area contributed by atoms with Crippen LogP contribution in [0.1, 0.15) is 32.1 Å². The molecule has 17 heavy (non-hydrogen) atoms. The molecule has 0 radical (unpaired) electrons. The molecule has 0 bridgehead atoms. The molecule has 0 atom stereocenters. The molecule has 0 aromatic rings. The summed E-state index contributed by atoms with van der Waals surface area (Å²) in [5.74, 6) is 2.24. The monoisotopic (exact) mass is 278 g/mol. The zero-order valence-corrected chi connectivity index (χ0v) is 13.1. The Morgan fingerprint density at radius 2 is 1.35 bits per heavy atom. The first-order valence-corrected chi connectivity index (χ1v) is 8.52. The Morgan fingerprint density at radius 3 is 1.88 bits per heavy atom. The number of likely N-dealkylation sites (tertiary alicyclic amines) is 1. The maximum atomic E-state index is 3.57. The van der Waals surface area contributed by atoms with Gasteiger partial charge in [0.1, 0.15) is 11.5 Å². The average Bonchev–Trinajstić information content (AvgIpc) is 2.85. The molecule has 0 unspecified atom stereocenters. The largest absolute Gasteiger partial charge is 0.303 e. The summed E-state index contributed by atoms with van der Waals surface area (Å²) in [6.45, 7) is 7.74. The van der Waals surface area contributed by atoms with Crippen LogP contribution in [0.2, 0.25) is 0 Å². The second-order valence-corrected chi connectivity index (χ2v) is 5.95. The average molecular weight is 279 g/mol. The lowest BCUT2D eigenvalue weighted by Crippen LogP contribution is -2.31. The second-order valence-electron chi connectivity index (χ2n) is 4.95. The maximum Gasteiger partial charge on any atom is 0.104 e. The van der Waals surface area contributed by atoms with Gasteiger partial charge in [-0.1, -0.05) is 0 Å². The van der Waals surface area contributed by atoms with E-state index in [1.807, 2.05) is 0 Å². The van der Waals surface area contributed by atoms with E-state index in [9.17, 15) is 0 Å². The minimum atomic E-state index is 1.12. The first kappa shape index (κ1) is 15.7. The van der Waals surface area contributed by atoms with Crippen molar-refractivity contribution in [3.05, 3.63) is 0 Å². The Morgan fingerprint density at radius 1 is 0.824 bits per heavy atom. The standard InChI is InChI=1S/C13H28N2S2/c16-12-4-10-15(11-5-13-17)9-3-8-14-6-1-2-7-14/h16-17H,1-13H2/p+2. The summed E-state index contributed by atoms with van der Waals surface area (Å²) in [4.78, 5) is 5.24. The van der Waals surface area contributed by atoms with Gasteiger partial charge in [-0.3, -0.25) is 0 Å². The van der Waals surface area contributed by atoms with E-state index < -0.39 is 0 Å². The summed E-state index contributed by atoms with van der Waals surface area (Å²) in [7, 11) is 0. The fraction of sp³-hybridized carbons (Fsp3) is 1.00. The third kappa shape index (κ3) is 7.60. The van der Waals surface area contributed by atoms with E-state index in [1.54, 1.807) is 0 Å². The van der Waals surface area contributed by atoms with Gasteiger partial charge in [0, 0.05) is 25.9 Å². The lowest BCUT2D eigenvalue weighted by atomic mass is 10.3. The molecule has 1 heterocycles. The zero-order chi connectivity index (χ0) is 12.3. The van der Waals surface area contributed by atoms with Gasteiger partial charge in [-0.05, 0) is 70.7 Å². The van der Waals surface area contributed by atoms with E-state index in [0.29, 0.717) is 0 Å². The van der Waals surface area contributed by atoms with Crippen molar-refractivity contribution in [3.63, 3.8) is 0 Å². The molecule has 0 spiro atoms. The summed E-state index contributed by atoms with van der Waals surface area (Å²) in [6, 6.07) is 0. The normalized spacial score (nSPS) is 17.1. The van der Waals surface area contributed by atoms with Crippen molar-refractivity contribution in [2.75, 3.05) is 50.8 Å². The van der Waals surface area contributed by atoms with Gasteiger partial charge in [-0.15, -0.1) is 0 Å². The summed E-state index contributed by atoms with van der Waals surface area (Å²) in [5.41, 5.74) is 0. The van der Waals surface area contributed by atoms with Crippen molar-refractivity contribution in [2.45, 2.75) is 32.1 Å². The molecule has 0 saturated carbocycles. The molecular formula is C13H30N2S2+2. The molecular weight excluding hydrogens is 248 g/mol. The summed E-state index contributed by atoms with van der Waals surface area (Å²) in [5, 5.41) is 0. The first-order valence-electron chi connectivity index (χ1n) is 7.10. The lowest BCUT2D eigenvalue weighted by molar-refractivity contribution is 0.246. The molecule has 0 amide bonds. The van der Waals surface area contributed by atoms with Crippen LogP contribution in [-0.2, 0) is 25.3 Å². The Bertz CT molecular complexity index is 165. The molecule has 0 aromatic carbocycles. The Labute approximate surface area is 118 Å². The van der Waals surface area contributed by atoms with Gasteiger partial charge in [0.2, 0.25) is 0 Å². The van der Waals surface area contributed by atoms with E-state index in [1.165, 1.54) is 71.4 Å². The van der Waals surface area contributed by atoms with Gasteiger partial charge in [-0.25, -0.2) is 0 Å². The van der Waals surface area contributed by atoms with E-state index in [0.717, 1.165) is 11.5 Å². The van der Waals surface area contributed by atoms with Crippen molar-refractivity contribution in [1.29, 1.82) is 0 Å². The SMILES string of the molecule is [SH2+]CCCN(CCC[SH2+])CCCN1CCCC1. The molecule has 0 aliphatic carbocycles. The number of nitrogens with zero attached hydrogens (tertiary/aromatic N) is 2. The number of hydrogen-bond acceptors (Lipinski definition) is 2. The highest BCUT2D eigenvalue weighted by Gasteiger charge is 2.11. The number of rotatable bonds is 10. The van der Waals surface area contributed by atoms with E-state index in [2.05, 4.69) is 35.1 Å². The first-order chi connectivity index (χ1) is 8.36. The van der Waals surface area contributed by atoms with Crippen LogP contribution < -0.4 is 0 Å². The molecule has 1 rings (SSSR count). The smallest absolute Gasteiger partial charge is 0.104 e. The summed E-state index contributed by atoms with van der Waals surface area (Å²) < 4.78 is 0. The van der Waals surface area contributed by atoms with Crippen molar-refractivity contribution >= 4 is 25.3 Å². The van der Waals surface area contributed by atoms with Crippen LogP contribution in [0.4, 0.5) is 0 Å². The van der Waals surface area contributed by atoms with Crippen molar-refractivity contribution in [2.24, 2.45) is 0 Å². The predicted octanol–water partition coefficient (Wildman–Crippen LogP) is 0.577. The fourth-order valence-corrected chi connectivity index (χ4v) is 2.78. The topological polar surface area (TPSA) is 6.48 Å². The van der Waals surface area contributed by atoms with Gasteiger partial charge in [0.15, 0.2) is 0 Å². The van der Waals surface area contributed by atoms with Crippen LogP contribution in [0.15, 0.2) is 0 Å². The summed E-state index contributed by atoms with van der Waals surface area (Å²) >= 11 is 7.14. The van der Waals surface area contributed by atoms with Crippen molar-refractivity contribution in [3.8, 4) is 0 Å². The Kier molecular flexibility index (Phi) is 9.71. The lowest BCUT2D eigenvalue weighted by Gasteiger charge is -2.22. The highest BCUT2D eigenvalue weighted by atomic mass is 32.1. The molecule has 0 N–H and O–H groups in total. The minimum Gasteiger partial charge on any atom is -0.303 e. The quantitative estimate of drug-likeness (QED) is 0.539. The van der Waals surface area contributed by atoms with Gasteiger partial charge in [-0.2, -0.15) is 0 Å². The molecule has 1 fully saturated rings. The molecule has 1 aliphatic rings. The second kappa shape index (κ2) is 10.5. The van der Waals surface area contributed by atoms with Crippen LogP contribution in [0.25, 0.3) is 0 Å². The fourth-order valence-electron chi connectivity index (χ4n) is 2.46. The third-order valence-corrected chi connectivity index (χ3v) is 4.16. The minimum absolute atomic E-state index is 1.12. The third-order valence-electron chi connectivity index (χ3n) is 3.45. The van der Waals surface area contributed by atoms with Crippen molar-refractivity contribution in [1.82, 2.24) is 9.80 Å². The van der Waals surface area contributed by atoms with E-state index >= 15 is 0 Å². The van der Waals surface area contributed by atoms with Crippen LogP contribution in [0.5, 0.6) is 0 Å². The highest BCUT2D eigenvalue weighted by Crippen LogP contribution is 2.08. The van der Waals surface area contributed by atoms with Crippen LogP contribution in [0.3, 0.4) is 0 Å². The van der Waals surface area contributed by atoms with Gasteiger partial charge in [0.05, 0.1) is 0 Å². The molecule has 4 heteroatoms. The maximum absolute atomic E-state index is 3.57. The predicted molar refractivity (Wildman–Crippen MR) is 86.0 cm³/mol. The van der Waals surface area contributed by atoms with Crippen molar-refractivity contribution < 1.29 is 0 Å². The Hall–Kier alpha value is 0.620. The van der Waals surface area contributed by atoms with Crippen LogP contribution in [-0.4, -0.2) is 60.6 Å². The summed E-state index contributed by atoms with van der Waals surface area (Å²) in [6.07, 6.45) is 6.70. The highest BCUT2D eigenvalue weighted by molar-refractivity contribution is 7.58. The molecule has 0 aromatic heterocycles. The van der Waals surface area contributed by atoms with Gasteiger partial charge in [0.25, 0.3) is 0 Å². The zero-order valence-electron chi connectivity index (χ0n) is 11.1. The molecule has 1 aliphatic heterocycles. The van der Waals surface area contributed by atoms with Crippen LogP contribution >= 0.6 is 0 Å². The van der Waals surface area contributed by atoms with E-state index in [4.69, 9.17) is 0 Å². The Balaban J connectivity index is 2.08. The molecule has 102 valence electrons.